The lowest BCUT2D eigenvalue weighted by molar-refractivity contribution is -0.139. The molecular formula is C13H22N4O2S2. The van der Waals surface area contributed by atoms with Crippen molar-refractivity contribution in [3.63, 3.8) is 0 Å². The lowest BCUT2D eigenvalue weighted by atomic mass is 9.83. The second kappa shape index (κ2) is 7.04. The van der Waals surface area contributed by atoms with Crippen molar-refractivity contribution in [3.8, 4) is 0 Å². The van der Waals surface area contributed by atoms with E-state index in [-0.39, 0.29) is 18.4 Å². The van der Waals surface area contributed by atoms with Crippen LogP contribution >= 0.6 is 23.3 Å². The summed E-state index contributed by atoms with van der Waals surface area (Å²) in [5, 5.41) is 14.2. The van der Waals surface area contributed by atoms with Gasteiger partial charge in [-0.15, -0.1) is 0 Å². The number of rotatable bonds is 7. The zero-order chi connectivity index (χ0) is 15.5. The molecule has 0 spiro atoms. The summed E-state index contributed by atoms with van der Waals surface area (Å²) in [6.45, 7) is 7.47. The van der Waals surface area contributed by atoms with E-state index in [1.807, 2.05) is 18.7 Å². The highest BCUT2D eigenvalue weighted by Gasteiger charge is 2.43. The first-order valence-electron chi connectivity index (χ1n) is 7.14. The fraction of sp³-hybridized carbons (Fsp3) is 0.769. The predicted octanol–water partition coefficient (Wildman–Crippen LogP) is 1.68. The first-order valence-corrected chi connectivity index (χ1v) is 8.90. The molecule has 0 unspecified atom stereocenters. The van der Waals surface area contributed by atoms with Gasteiger partial charge in [0.1, 0.15) is 0 Å². The van der Waals surface area contributed by atoms with Crippen LogP contribution in [0.25, 0.3) is 0 Å². The number of likely N-dealkylation sites (tertiary alicyclic amines) is 1. The van der Waals surface area contributed by atoms with Gasteiger partial charge in [-0.1, -0.05) is 32.5 Å². The first-order chi connectivity index (χ1) is 9.93. The van der Waals surface area contributed by atoms with Crippen molar-refractivity contribution in [1.82, 2.24) is 14.3 Å². The van der Waals surface area contributed by atoms with Crippen LogP contribution in [0.3, 0.4) is 0 Å². The molecule has 1 aliphatic heterocycles. The molecular weight excluding hydrogens is 308 g/mol. The van der Waals surface area contributed by atoms with Crippen molar-refractivity contribution in [3.05, 3.63) is 0 Å². The Hall–Kier alpha value is -0.700. The van der Waals surface area contributed by atoms with Gasteiger partial charge in [0.15, 0.2) is 0 Å². The molecule has 2 N–H and O–H groups in total. The number of carbonyl (C=O) groups is 1. The molecule has 1 fully saturated rings. The molecule has 0 atom stereocenters. The van der Waals surface area contributed by atoms with E-state index in [0.717, 1.165) is 17.3 Å². The zero-order valence-corrected chi connectivity index (χ0v) is 14.3. The number of amides is 1. The molecule has 21 heavy (non-hydrogen) atoms. The van der Waals surface area contributed by atoms with Gasteiger partial charge < -0.3 is 5.11 Å². The number of β-amino-alcohol motifs (C(OH)–C–C–N with tert-alkyl or cyclic N) is 1. The summed E-state index contributed by atoms with van der Waals surface area (Å²) in [6.07, 6.45) is 1.07. The Labute approximate surface area is 133 Å². The number of anilines is 1. The number of hydrogen-bond donors (Lipinski definition) is 2. The molecule has 1 aromatic rings. The minimum Gasteiger partial charge on any atom is -0.387 e. The maximum Gasteiger partial charge on any atom is 0.240 e. The van der Waals surface area contributed by atoms with E-state index in [1.54, 1.807) is 11.8 Å². The minimum atomic E-state index is -0.646. The second-order valence-electron chi connectivity index (χ2n) is 5.68. The molecule has 0 saturated carbocycles. The average molecular weight is 330 g/mol. The topological polar surface area (TPSA) is 78.4 Å². The molecule has 0 aromatic carbocycles. The van der Waals surface area contributed by atoms with Crippen LogP contribution in [0.2, 0.25) is 0 Å². The number of aliphatic hydroxyl groups is 1. The minimum absolute atomic E-state index is 0.107. The Morgan fingerprint density at radius 2 is 2.29 bits per heavy atom. The zero-order valence-electron chi connectivity index (χ0n) is 12.6. The third-order valence-electron chi connectivity index (χ3n) is 3.53. The smallest absolute Gasteiger partial charge is 0.240 e. The molecule has 1 saturated heterocycles. The van der Waals surface area contributed by atoms with Crippen LogP contribution in [-0.4, -0.2) is 56.3 Å². The van der Waals surface area contributed by atoms with E-state index in [4.69, 9.17) is 0 Å². The summed E-state index contributed by atoms with van der Waals surface area (Å²) < 4.78 is 4.19. The molecule has 1 aromatic heterocycles. The van der Waals surface area contributed by atoms with Crippen LogP contribution in [0.4, 0.5) is 5.13 Å². The van der Waals surface area contributed by atoms with Crippen molar-refractivity contribution >= 4 is 34.3 Å². The van der Waals surface area contributed by atoms with Crippen molar-refractivity contribution < 1.29 is 9.90 Å². The number of nitrogens with one attached hydrogen (secondary N) is 1. The van der Waals surface area contributed by atoms with Gasteiger partial charge in [-0.3, -0.25) is 15.0 Å². The highest BCUT2D eigenvalue weighted by molar-refractivity contribution is 7.99. The van der Waals surface area contributed by atoms with Gasteiger partial charge in [0.2, 0.25) is 16.2 Å². The summed E-state index contributed by atoms with van der Waals surface area (Å²) in [6, 6.07) is 0. The Morgan fingerprint density at radius 3 is 2.90 bits per heavy atom. The van der Waals surface area contributed by atoms with E-state index in [1.165, 1.54) is 11.5 Å². The maximum absolute atomic E-state index is 11.9. The van der Waals surface area contributed by atoms with Crippen molar-refractivity contribution in [2.24, 2.45) is 5.92 Å². The molecule has 8 heteroatoms. The Morgan fingerprint density at radius 1 is 1.57 bits per heavy atom. The summed E-state index contributed by atoms with van der Waals surface area (Å²) >= 11 is 2.80. The summed E-state index contributed by atoms with van der Waals surface area (Å²) in [5.74, 6) is 1.08. The number of carbonyl (C=O) groups excluding carboxylic acids is 1. The largest absolute Gasteiger partial charge is 0.387 e. The number of aromatic nitrogens is 2. The van der Waals surface area contributed by atoms with Crippen LogP contribution < -0.4 is 5.32 Å². The fourth-order valence-corrected chi connectivity index (χ4v) is 3.49. The van der Waals surface area contributed by atoms with Crippen molar-refractivity contribution in [2.75, 3.05) is 30.7 Å². The highest BCUT2D eigenvalue weighted by atomic mass is 32.2. The van der Waals surface area contributed by atoms with E-state index in [0.29, 0.717) is 18.2 Å². The first kappa shape index (κ1) is 16.7. The molecule has 0 aliphatic carbocycles. The van der Waals surface area contributed by atoms with Gasteiger partial charge in [0.25, 0.3) is 0 Å². The predicted molar refractivity (Wildman–Crippen MR) is 85.8 cm³/mol. The lowest BCUT2D eigenvalue weighted by Crippen LogP contribution is -2.65. The third kappa shape index (κ3) is 4.38. The van der Waals surface area contributed by atoms with E-state index in [9.17, 15) is 9.90 Å². The Kier molecular flexibility index (Phi) is 5.59. The summed E-state index contributed by atoms with van der Waals surface area (Å²) in [4.78, 5) is 18.1. The van der Waals surface area contributed by atoms with Crippen molar-refractivity contribution in [1.29, 1.82) is 0 Å². The Balaban J connectivity index is 1.74. The number of hydrogen-bond acceptors (Lipinski definition) is 7. The molecule has 6 nitrogen and oxygen atoms in total. The highest BCUT2D eigenvalue weighted by Crippen LogP contribution is 2.28. The lowest BCUT2D eigenvalue weighted by Gasteiger charge is -2.48. The Bertz CT molecular complexity index is 486. The average Bonchev–Trinajstić information content (AvgIpc) is 2.81. The maximum atomic E-state index is 11.9. The van der Waals surface area contributed by atoms with Crippen LogP contribution in [0.5, 0.6) is 0 Å². The van der Waals surface area contributed by atoms with Crippen LogP contribution in [0.15, 0.2) is 5.16 Å². The van der Waals surface area contributed by atoms with Gasteiger partial charge in [-0.2, -0.15) is 9.36 Å². The third-order valence-corrected chi connectivity index (χ3v) is 5.32. The van der Waals surface area contributed by atoms with Crippen molar-refractivity contribution in [2.45, 2.75) is 37.9 Å². The molecule has 2 heterocycles. The second-order valence-corrected chi connectivity index (χ2v) is 7.50. The van der Waals surface area contributed by atoms with Gasteiger partial charge in [-0.05, 0) is 12.3 Å². The molecule has 2 rings (SSSR count). The normalized spacial score (nSPS) is 17.8. The molecule has 118 valence electrons. The van der Waals surface area contributed by atoms with Crippen LogP contribution in [-0.2, 0) is 4.79 Å². The quantitative estimate of drug-likeness (QED) is 0.741. The summed E-state index contributed by atoms with van der Waals surface area (Å²) in [7, 11) is 0. The van der Waals surface area contributed by atoms with E-state index in [2.05, 4.69) is 21.6 Å². The summed E-state index contributed by atoms with van der Waals surface area (Å²) in [5.41, 5.74) is -0.646. The molecule has 0 bridgehead atoms. The van der Waals surface area contributed by atoms with Gasteiger partial charge in [-0.25, -0.2) is 0 Å². The number of nitrogens with zero attached hydrogens (tertiary/aromatic N) is 3. The van der Waals surface area contributed by atoms with Gasteiger partial charge in [0, 0.05) is 30.4 Å². The van der Waals surface area contributed by atoms with Crippen LogP contribution in [0.1, 0.15) is 27.2 Å². The van der Waals surface area contributed by atoms with E-state index >= 15 is 0 Å². The number of thioether (sulfide) groups is 1. The van der Waals surface area contributed by atoms with Gasteiger partial charge in [0.05, 0.1) is 12.1 Å². The van der Waals surface area contributed by atoms with Gasteiger partial charge >= 0.3 is 0 Å². The monoisotopic (exact) mass is 330 g/mol. The van der Waals surface area contributed by atoms with Crippen LogP contribution in [0, 0.1) is 5.92 Å². The molecule has 1 amide bonds. The van der Waals surface area contributed by atoms with E-state index < -0.39 is 5.60 Å². The standard InChI is InChI=1S/C13H22N4O2S2/c1-4-5-20-12-15-11(21-16-12)14-10(18)6-17-7-13(19,8-17)9(2)3/h9,19H,4-8H2,1-3H3,(H,14,15,16,18). The fourth-order valence-electron chi connectivity index (χ4n) is 2.08. The molecule has 0 radical (unpaired) electrons. The SMILES string of the molecule is CCCSc1nsc(NC(=O)CN2CC(O)(C(C)C)C2)n1. The molecule has 1 aliphatic rings.